The monoisotopic (exact) mass is 270 g/mol. The van der Waals surface area contributed by atoms with Gasteiger partial charge in [0.05, 0.1) is 19.3 Å². The van der Waals surface area contributed by atoms with Crippen LogP contribution in [0.15, 0.2) is 12.2 Å². The van der Waals surface area contributed by atoms with Crippen LogP contribution in [0.25, 0.3) is 0 Å². The SMILES string of the molecule is COC(=O)CCCC=CCC1C(O)CC(O)C1C=O. The van der Waals surface area contributed by atoms with E-state index >= 15 is 0 Å². The number of aliphatic hydroxyl groups excluding tert-OH is 2. The molecule has 1 fully saturated rings. The molecular formula is C14H22O5. The molecule has 4 unspecified atom stereocenters. The molecule has 1 rings (SSSR count). The van der Waals surface area contributed by atoms with Crippen molar-refractivity contribution in [1.29, 1.82) is 0 Å². The number of hydrogen-bond acceptors (Lipinski definition) is 5. The molecule has 0 aliphatic heterocycles. The molecule has 2 N–H and O–H groups in total. The molecule has 1 aliphatic rings. The van der Waals surface area contributed by atoms with Gasteiger partial charge in [-0.25, -0.2) is 0 Å². The minimum Gasteiger partial charge on any atom is -0.469 e. The summed E-state index contributed by atoms with van der Waals surface area (Å²) in [5.41, 5.74) is 0. The summed E-state index contributed by atoms with van der Waals surface area (Å²) >= 11 is 0. The van der Waals surface area contributed by atoms with Gasteiger partial charge in [-0.2, -0.15) is 0 Å². The Labute approximate surface area is 113 Å². The van der Waals surface area contributed by atoms with Crippen molar-refractivity contribution in [2.75, 3.05) is 7.11 Å². The van der Waals surface area contributed by atoms with Gasteiger partial charge < -0.3 is 19.7 Å². The van der Waals surface area contributed by atoms with E-state index in [4.69, 9.17) is 0 Å². The summed E-state index contributed by atoms with van der Waals surface area (Å²) in [5.74, 6) is -0.900. The Kier molecular flexibility index (Phi) is 6.73. The molecule has 0 heterocycles. The van der Waals surface area contributed by atoms with Crippen LogP contribution in [-0.2, 0) is 14.3 Å². The van der Waals surface area contributed by atoms with Crippen LogP contribution in [0.4, 0.5) is 0 Å². The molecule has 1 saturated carbocycles. The molecule has 0 saturated heterocycles. The first-order chi connectivity index (χ1) is 9.10. The first-order valence-corrected chi connectivity index (χ1v) is 6.63. The molecule has 0 radical (unpaired) electrons. The third-order valence-electron chi connectivity index (χ3n) is 3.63. The van der Waals surface area contributed by atoms with Crippen molar-refractivity contribution < 1.29 is 24.5 Å². The van der Waals surface area contributed by atoms with E-state index in [0.717, 1.165) is 19.1 Å². The highest BCUT2D eigenvalue weighted by Crippen LogP contribution is 2.33. The summed E-state index contributed by atoms with van der Waals surface area (Å²) in [4.78, 5) is 21.7. The maximum atomic E-state index is 10.9. The van der Waals surface area contributed by atoms with Gasteiger partial charge in [-0.05, 0) is 19.3 Å². The predicted molar refractivity (Wildman–Crippen MR) is 69.3 cm³/mol. The van der Waals surface area contributed by atoms with Crippen LogP contribution in [0.2, 0.25) is 0 Å². The molecule has 0 amide bonds. The van der Waals surface area contributed by atoms with Gasteiger partial charge >= 0.3 is 5.97 Å². The van der Waals surface area contributed by atoms with Crippen molar-refractivity contribution in [3.63, 3.8) is 0 Å². The lowest BCUT2D eigenvalue weighted by Crippen LogP contribution is -2.22. The molecule has 0 bridgehead atoms. The number of carbonyl (C=O) groups is 2. The normalized spacial score (nSPS) is 30.7. The highest BCUT2D eigenvalue weighted by Gasteiger charge is 2.40. The molecule has 1 aliphatic carbocycles. The van der Waals surface area contributed by atoms with Crippen molar-refractivity contribution in [1.82, 2.24) is 0 Å². The van der Waals surface area contributed by atoms with Crippen LogP contribution in [0.5, 0.6) is 0 Å². The lowest BCUT2D eigenvalue weighted by molar-refractivity contribution is -0.140. The average Bonchev–Trinajstić information content (AvgIpc) is 2.67. The number of ether oxygens (including phenoxy) is 1. The summed E-state index contributed by atoms with van der Waals surface area (Å²) < 4.78 is 4.53. The van der Waals surface area contributed by atoms with Crippen LogP contribution < -0.4 is 0 Å². The van der Waals surface area contributed by atoms with Crippen molar-refractivity contribution in [3.8, 4) is 0 Å². The van der Waals surface area contributed by atoms with E-state index in [0.29, 0.717) is 12.8 Å². The Bertz CT molecular complexity index is 326. The third-order valence-corrected chi connectivity index (χ3v) is 3.63. The third kappa shape index (κ3) is 4.76. The second kappa shape index (κ2) is 8.07. The van der Waals surface area contributed by atoms with Crippen molar-refractivity contribution in [2.24, 2.45) is 11.8 Å². The number of unbranched alkanes of at least 4 members (excludes halogenated alkanes) is 1. The van der Waals surface area contributed by atoms with Crippen molar-refractivity contribution in [3.05, 3.63) is 12.2 Å². The zero-order chi connectivity index (χ0) is 14.3. The second-order valence-corrected chi connectivity index (χ2v) is 4.92. The van der Waals surface area contributed by atoms with E-state index in [1.54, 1.807) is 0 Å². The topological polar surface area (TPSA) is 83.8 Å². The minimum atomic E-state index is -0.731. The van der Waals surface area contributed by atoms with Crippen LogP contribution in [0.3, 0.4) is 0 Å². The van der Waals surface area contributed by atoms with E-state index in [9.17, 15) is 19.8 Å². The molecule has 0 aromatic heterocycles. The Morgan fingerprint density at radius 1 is 1.32 bits per heavy atom. The first kappa shape index (κ1) is 15.9. The van der Waals surface area contributed by atoms with Crippen molar-refractivity contribution in [2.45, 2.75) is 44.3 Å². The van der Waals surface area contributed by atoms with E-state index < -0.39 is 18.1 Å². The van der Waals surface area contributed by atoms with E-state index in [1.165, 1.54) is 7.11 Å². The number of aliphatic hydroxyl groups is 2. The van der Waals surface area contributed by atoms with Crippen LogP contribution in [-0.4, -0.2) is 41.8 Å². The van der Waals surface area contributed by atoms with E-state index in [1.807, 2.05) is 12.2 Å². The highest BCUT2D eigenvalue weighted by atomic mass is 16.5. The Morgan fingerprint density at radius 2 is 2.05 bits per heavy atom. The van der Waals surface area contributed by atoms with Gasteiger partial charge in [-0.3, -0.25) is 4.79 Å². The predicted octanol–water partition coefficient (Wildman–Crippen LogP) is 0.833. The lowest BCUT2D eigenvalue weighted by Gasteiger charge is -2.16. The first-order valence-electron chi connectivity index (χ1n) is 6.63. The number of esters is 1. The number of rotatable bonds is 7. The van der Waals surface area contributed by atoms with Gasteiger partial charge in [-0.1, -0.05) is 12.2 Å². The largest absolute Gasteiger partial charge is 0.469 e. The van der Waals surface area contributed by atoms with Gasteiger partial charge in [-0.15, -0.1) is 0 Å². The van der Waals surface area contributed by atoms with Crippen LogP contribution in [0, 0.1) is 11.8 Å². The fraction of sp³-hybridized carbons (Fsp3) is 0.714. The number of hydrogen-bond donors (Lipinski definition) is 2. The summed E-state index contributed by atoms with van der Waals surface area (Å²) in [7, 11) is 1.37. The van der Waals surface area contributed by atoms with Crippen LogP contribution >= 0.6 is 0 Å². The molecule has 4 atom stereocenters. The summed E-state index contributed by atoms with van der Waals surface area (Å²) in [6.45, 7) is 0. The molecule has 5 nitrogen and oxygen atoms in total. The molecule has 0 aromatic carbocycles. The maximum Gasteiger partial charge on any atom is 0.305 e. The fourth-order valence-corrected chi connectivity index (χ4v) is 2.46. The molecular weight excluding hydrogens is 248 g/mol. The van der Waals surface area contributed by atoms with Crippen LogP contribution in [0.1, 0.15) is 32.1 Å². The number of carbonyl (C=O) groups excluding carboxylic acids is 2. The Morgan fingerprint density at radius 3 is 2.68 bits per heavy atom. The summed E-state index contributed by atoms with van der Waals surface area (Å²) in [6.07, 6.45) is 5.92. The summed E-state index contributed by atoms with van der Waals surface area (Å²) in [5, 5.41) is 19.3. The lowest BCUT2D eigenvalue weighted by atomic mass is 9.91. The van der Waals surface area contributed by atoms with Crippen molar-refractivity contribution >= 4 is 12.3 Å². The molecule has 19 heavy (non-hydrogen) atoms. The Balaban J connectivity index is 2.27. The highest BCUT2D eigenvalue weighted by molar-refractivity contribution is 5.69. The zero-order valence-electron chi connectivity index (χ0n) is 11.2. The second-order valence-electron chi connectivity index (χ2n) is 4.92. The zero-order valence-corrected chi connectivity index (χ0v) is 11.2. The van der Waals surface area contributed by atoms with E-state index in [-0.39, 0.29) is 18.3 Å². The summed E-state index contributed by atoms with van der Waals surface area (Å²) in [6, 6.07) is 0. The quantitative estimate of drug-likeness (QED) is 0.310. The molecule has 0 spiro atoms. The van der Waals surface area contributed by atoms with Gasteiger partial charge in [0.25, 0.3) is 0 Å². The van der Waals surface area contributed by atoms with Gasteiger partial charge in [0.2, 0.25) is 0 Å². The molecule has 0 aromatic rings. The Hall–Kier alpha value is -1.20. The van der Waals surface area contributed by atoms with Gasteiger partial charge in [0.15, 0.2) is 0 Å². The molecule has 5 heteroatoms. The standard InChI is InChI=1S/C14H22O5/c1-19-14(18)7-5-3-2-4-6-10-11(9-15)13(17)8-12(10)16/h2,4,9-13,16-17H,3,5-8H2,1H3. The van der Waals surface area contributed by atoms with Gasteiger partial charge in [0.1, 0.15) is 6.29 Å². The number of methoxy groups -OCH3 is 1. The average molecular weight is 270 g/mol. The van der Waals surface area contributed by atoms with E-state index in [2.05, 4.69) is 4.74 Å². The number of aldehydes is 1. The molecule has 108 valence electrons. The van der Waals surface area contributed by atoms with Gasteiger partial charge in [0, 0.05) is 24.7 Å². The number of allylic oxidation sites excluding steroid dienone is 2. The smallest absolute Gasteiger partial charge is 0.305 e. The maximum absolute atomic E-state index is 10.9. The fourth-order valence-electron chi connectivity index (χ4n) is 2.46. The minimum absolute atomic E-state index is 0.204.